The average molecular weight is 290 g/mol. The molecule has 0 fully saturated rings. The molecule has 1 N–H and O–H groups in total. The molecule has 0 aromatic heterocycles. The summed E-state index contributed by atoms with van der Waals surface area (Å²) in [5.41, 5.74) is 1.33. The maximum absolute atomic E-state index is 5.81. The minimum Gasteiger partial charge on any atom is -0.492 e. The first-order chi connectivity index (χ1) is 10.3. The summed E-state index contributed by atoms with van der Waals surface area (Å²) in [4.78, 5) is 2.53. The number of ether oxygens (including phenoxy) is 1. The standard InChI is InChI=1S/C18H30N2O/c1-16(2)19-11-7-3-4-8-12-20-13-14-21-18-10-6-5-9-17(18)15-20/h5-6,9-10,16,19H,3-4,7-8,11-15H2,1-2H3. The van der Waals surface area contributed by atoms with E-state index in [0.29, 0.717) is 6.04 Å². The van der Waals surface area contributed by atoms with Gasteiger partial charge >= 0.3 is 0 Å². The zero-order chi connectivity index (χ0) is 14.9. The van der Waals surface area contributed by atoms with E-state index >= 15 is 0 Å². The first kappa shape index (κ1) is 16.3. The summed E-state index contributed by atoms with van der Waals surface area (Å²) < 4.78 is 5.81. The van der Waals surface area contributed by atoms with Crippen LogP contribution in [0.25, 0.3) is 0 Å². The van der Waals surface area contributed by atoms with E-state index < -0.39 is 0 Å². The largest absolute Gasteiger partial charge is 0.492 e. The number of nitrogens with one attached hydrogen (secondary N) is 1. The summed E-state index contributed by atoms with van der Waals surface area (Å²) in [6.07, 6.45) is 5.26. The van der Waals surface area contributed by atoms with Crippen molar-refractivity contribution >= 4 is 0 Å². The number of fused-ring (bicyclic) bond motifs is 1. The van der Waals surface area contributed by atoms with Gasteiger partial charge in [0.2, 0.25) is 0 Å². The Hall–Kier alpha value is -1.06. The molecule has 1 aromatic carbocycles. The summed E-state index contributed by atoms with van der Waals surface area (Å²) in [6.45, 7) is 9.65. The van der Waals surface area contributed by atoms with Gasteiger partial charge in [-0.2, -0.15) is 0 Å². The van der Waals surface area contributed by atoms with Crippen LogP contribution in [0.3, 0.4) is 0 Å². The molecule has 0 unspecified atom stereocenters. The summed E-state index contributed by atoms with van der Waals surface area (Å²) in [5.74, 6) is 1.07. The maximum atomic E-state index is 5.81. The fraction of sp³-hybridized carbons (Fsp3) is 0.667. The molecule has 21 heavy (non-hydrogen) atoms. The Bertz CT molecular complexity index is 406. The smallest absolute Gasteiger partial charge is 0.123 e. The van der Waals surface area contributed by atoms with Crippen molar-refractivity contribution in [2.75, 3.05) is 26.2 Å². The molecule has 3 nitrogen and oxygen atoms in total. The topological polar surface area (TPSA) is 24.5 Å². The Morgan fingerprint density at radius 1 is 1.14 bits per heavy atom. The second-order valence-electron chi connectivity index (χ2n) is 6.26. The molecule has 2 rings (SSSR count). The number of nitrogens with zero attached hydrogens (tertiary/aromatic N) is 1. The predicted octanol–water partition coefficient (Wildman–Crippen LogP) is 3.44. The van der Waals surface area contributed by atoms with E-state index in [9.17, 15) is 0 Å². The van der Waals surface area contributed by atoms with Gasteiger partial charge in [-0.1, -0.05) is 44.9 Å². The van der Waals surface area contributed by atoms with Gasteiger partial charge in [-0.3, -0.25) is 4.90 Å². The van der Waals surface area contributed by atoms with Crippen LogP contribution in [0.1, 0.15) is 45.1 Å². The second kappa shape index (κ2) is 9.06. The van der Waals surface area contributed by atoms with Crippen LogP contribution in [-0.2, 0) is 6.54 Å². The first-order valence-electron chi connectivity index (χ1n) is 8.42. The molecule has 1 aliphatic rings. The lowest BCUT2D eigenvalue weighted by Crippen LogP contribution is -2.27. The fourth-order valence-corrected chi connectivity index (χ4v) is 2.78. The monoisotopic (exact) mass is 290 g/mol. The van der Waals surface area contributed by atoms with Crippen LogP contribution in [0.2, 0.25) is 0 Å². The number of unbranched alkanes of at least 4 members (excludes halogenated alkanes) is 3. The van der Waals surface area contributed by atoms with E-state index in [0.717, 1.165) is 32.0 Å². The molecule has 0 amide bonds. The van der Waals surface area contributed by atoms with E-state index in [4.69, 9.17) is 4.74 Å². The lowest BCUT2D eigenvalue weighted by Gasteiger charge is -2.19. The highest BCUT2D eigenvalue weighted by Gasteiger charge is 2.13. The summed E-state index contributed by atoms with van der Waals surface area (Å²) in [6, 6.07) is 9.04. The lowest BCUT2D eigenvalue weighted by molar-refractivity contribution is 0.222. The fourth-order valence-electron chi connectivity index (χ4n) is 2.78. The third-order valence-corrected chi connectivity index (χ3v) is 3.99. The molecule has 1 aliphatic heterocycles. The minimum atomic E-state index is 0.613. The molecular weight excluding hydrogens is 260 g/mol. The average Bonchev–Trinajstić information content (AvgIpc) is 2.67. The van der Waals surface area contributed by atoms with Crippen LogP contribution in [0.5, 0.6) is 5.75 Å². The molecule has 0 radical (unpaired) electrons. The van der Waals surface area contributed by atoms with Crippen molar-refractivity contribution in [2.24, 2.45) is 0 Å². The molecule has 0 aliphatic carbocycles. The van der Waals surface area contributed by atoms with Crippen molar-refractivity contribution in [1.29, 1.82) is 0 Å². The van der Waals surface area contributed by atoms with Crippen molar-refractivity contribution in [3.05, 3.63) is 29.8 Å². The maximum Gasteiger partial charge on any atom is 0.123 e. The Labute approximate surface area is 129 Å². The molecule has 1 heterocycles. The zero-order valence-electron chi connectivity index (χ0n) is 13.6. The molecular formula is C18H30N2O. The first-order valence-corrected chi connectivity index (χ1v) is 8.42. The molecule has 0 saturated heterocycles. The number of hydrogen-bond acceptors (Lipinski definition) is 3. The summed E-state index contributed by atoms with van der Waals surface area (Å²) in [5, 5.41) is 3.48. The molecule has 0 spiro atoms. The van der Waals surface area contributed by atoms with Crippen molar-refractivity contribution in [3.8, 4) is 5.75 Å². The summed E-state index contributed by atoms with van der Waals surface area (Å²) in [7, 11) is 0. The van der Waals surface area contributed by atoms with Gasteiger partial charge in [0.1, 0.15) is 12.4 Å². The highest BCUT2D eigenvalue weighted by Crippen LogP contribution is 2.22. The molecule has 3 heteroatoms. The van der Waals surface area contributed by atoms with Crippen LogP contribution in [0.15, 0.2) is 24.3 Å². The van der Waals surface area contributed by atoms with Gasteiger partial charge in [0.05, 0.1) is 0 Å². The van der Waals surface area contributed by atoms with E-state index in [1.165, 1.54) is 37.8 Å². The van der Waals surface area contributed by atoms with Gasteiger partial charge in [0.15, 0.2) is 0 Å². The molecule has 0 bridgehead atoms. The van der Waals surface area contributed by atoms with Gasteiger partial charge in [-0.15, -0.1) is 0 Å². The van der Waals surface area contributed by atoms with Crippen LogP contribution >= 0.6 is 0 Å². The third-order valence-electron chi connectivity index (χ3n) is 3.99. The van der Waals surface area contributed by atoms with E-state index in [1.807, 2.05) is 0 Å². The van der Waals surface area contributed by atoms with Crippen molar-refractivity contribution in [1.82, 2.24) is 10.2 Å². The van der Waals surface area contributed by atoms with E-state index in [1.54, 1.807) is 0 Å². The molecule has 1 aromatic rings. The Kier molecular flexibility index (Phi) is 7.04. The minimum absolute atomic E-state index is 0.613. The van der Waals surface area contributed by atoms with Gasteiger partial charge in [-0.25, -0.2) is 0 Å². The van der Waals surface area contributed by atoms with E-state index in [-0.39, 0.29) is 0 Å². The number of rotatable bonds is 8. The van der Waals surface area contributed by atoms with Crippen molar-refractivity contribution in [3.63, 3.8) is 0 Å². The number of hydrogen-bond donors (Lipinski definition) is 1. The van der Waals surface area contributed by atoms with Crippen LogP contribution in [-0.4, -0.2) is 37.2 Å². The Morgan fingerprint density at radius 3 is 2.81 bits per heavy atom. The second-order valence-corrected chi connectivity index (χ2v) is 6.26. The highest BCUT2D eigenvalue weighted by atomic mass is 16.5. The molecule has 0 saturated carbocycles. The van der Waals surface area contributed by atoms with Crippen LogP contribution in [0, 0.1) is 0 Å². The highest BCUT2D eigenvalue weighted by molar-refractivity contribution is 5.33. The zero-order valence-corrected chi connectivity index (χ0v) is 13.6. The van der Waals surface area contributed by atoms with Gasteiger partial charge in [0, 0.05) is 24.7 Å². The van der Waals surface area contributed by atoms with Crippen LogP contribution in [0.4, 0.5) is 0 Å². The lowest BCUT2D eigenvalue weighted by atomic mass is 10.1. The van der Waals surface area contributed by atoms with Gasteiger partial charge < -0.3 is 10.1 Å². The predicted molar refractivity (Wildman–Crippen MR) is 88.8 cm³/mol. The Balaban J connectivity index is 1.61. The molecule has 118 valence electrons. The number of para-hydroxylation sites is 1. The van der Waals surface area contributed by atoms with E-state index in [2.05, 4.69) is 48.3 Å². The summed E-state index contributed by atoms with van der Waals surface area (Å²) >= 11 is 0. The van der Waals surface area contributed by atoms with Crippen LogP contribution < -0.4 is 10.1 Å². The molecule has 0 atom stereocenters. The van der Waals surface area contributed by atoms with Gasteiger partial charge in [-0.05, 0) is 32.0 Å². The third kappa shape index (κ3) is 6.06. The van der Waals surface area contributed by atoms with Crippen molar-refractivity contribution < 1.29 is 4.74 Å². The normalized spacial score (nSPS) is 15.6. The van der Waals surface area contributed by atoms with Crippen molar-refractivity contribution in [2.45, 2.75) is 52.1 Å². The number of benzene rings is 1. The van der Waals surface area contributed by atoms with Gasteiger partial charge in [0.25, 0.3) is 0 Å². The Morgan fingerprint density at radius 2 is 1.95 bits per heavy atom. The quantitative estimate of drug-likeness (QED) is 0.742. The SMILES string of the molecule is CC(C)NCCCCCCN1CCOc2ccccc2C1.